The first-order chi connectivity index (χ1) is 12.2. The van der Waals surface area contributed by atoms with Gasteiger partial charge in [0.1, 0.15) is 0 Å². The number of anilines is 2. The Morgan fingerprint density at radius 1 is 1.24 bits per heavy atom. The van der Waals surface area contributed by atoms with Crippen LogP contribution < -0.4 is 21.5 Å². The molecule has 2 aromatic rings. The summed E-state index contributed by atoms with van der Waals surface area (Å²) in [7, 11) is 1.00. The molecule has 5 N–H and O–H groups in total. The maximum atomic E-state index is 11.2. The van der Waals surface area contributed by atoms with E-state index in [1.165, 1.54) is 0 Å². The van der Waals surface area contributed by atoms with Gasteiger partial charge in [-0.2, -0.15) is 0 Å². The molecule has 0 aliphatic heterocycles. The Kier molecular flexibility index (Phi) is 11.1. The van der Waals surface area contributed by atoms with Crippen molar-refractivity contribution in [2.24, 2.45) is 0 Å². The van der Waals surface area contributed by atoms with Crippen molar-refractivity contribution in [2.45, 2.75) is 20.8 Å². The number of hydrogen-bond acceptors (Lipinski definition) is 5. The number of aromatic amines is 1. The molecule has 0 aliphatic carbocycles. The highest BCUT2D eigenvalue weighted by molar-refractivity contribution is 5.93. The number of aliphatic hydroxyl groups excluding tert-OH is 1. The molecule has 0 fully saturated rings. The van der Waals surface area contributed by atoms with Crippen LogP contribution in [0.1, 0.15) is 31.1 Å². The number of allylic oxidation sites excluding steroid dienone is 1. The Hall–Kier alpha value is -2.90. The van der Waals surface area contributed by atoms with E-state index in [2.05, 4.69) is 21.9 Å². The van der Waals surface area contributed by atoms with Gasteiger partial charge in [0, 0.05) is 18.4 Å². The van der Waals surface area contributed by atoms with Crippen LogP contribution in [0.2, 0.25) is 0 Å². The van der Waals surface area contributed by atoms with E-state index in [1.807, 2.05) is 32.9 Å². The van der Waals surface area contributed by atoms with Crippen LogP contribution in [0.3, 0.4) is 0 Å². The van der Waals surface area contributed by atoms with Crippen LogP contribution in [0.4, 0.5) is 11.6 Å². The van der Waals surface area contributed by atoms with Gasteiger partial charge >= 0.3 is 0 Å². The van der Waals surface area contributed by atoms with E-state index in [-0.39, 0.29) is 0 Å². The van der Waals surface area contributed by atoms with Crippen molar-refractivity contribution in [3.8, 4) is 0 Å². The Morgan fingerprint density at radius 3 is 2.32 bits per heavy atom. The Balaban J connectivity index is 0.00000134. The van der Waals surface area contributed by atoms with Crippen LogP contribution in [-0.2, 0) is 0 Å². The smallest absolute Gasteiger partial charge is 0.274 e. The summed E-state index contributed by atoms with van der Waals surface area (Å²) in [5.41, 5.74) is 2.72. The van der Waals surface area contributed by atoms with Crippen molar-refractivity contribution in [3.63, 3.8) is 0 Å². The molecule has 0 unspecified atom stereocenters. The first-order valence-corrected chi connectivity index (χ1v) is 7.79. The van der Waals surface area contributed by atoms with Crippen LogP contribution in [0, 0.1) is 0 Å². The molecule has 0 aliphatic rings. The van der Waals surface area contributed by atoms with Crippen LogP contribution in [-0.4, -0.2) is 33.3 Å². The fourth-order valence-electron chi connectivity index (χ4n) is 1.83. The second-order valence-corrected chi connectivity index (χ2v) is 4.22. The van der Waals surface area contributed by atoms with Gasteiger partial charge < -0.3 is 15.4 Å². The molecule has 2 rings (SSSR count). The van der Waals surface area contributed by atoms with E-state index in [4.69, 9.17) is 10.3 Å². The van der Waals surface area contributed by atoms with Crippen LogP contribution in [0.25, 0.3) is 12.2 Å². The second kappa shape index (κ2) is 12.5. The van der Waals surface area contributed by atoms with Gasteiger partial charge in [-0.05, 0) is 37.3 Å². The van der Waals surface area contributed by atoms with E-state index in [0.29, 0.717) is 11.5 Å². The molecule has 0 saturated heterocycles. The minimum absolute atomic E-state index is 0.366. The van der Waals surface area contributed by atoms with Gasteiger partial charge in [-0.15, -0.1) is 0 Å². The number of rotatable bonds is 4. The summed E-state index contributed by atoms with van der Waals surface area (Å²) in [6, 6.07) is 6.64. The lowest BCUT2D eigenvalue weighted by Gasteiger charge is -2.03. The number of hydroxylamine groups is 1. The molecule has 7 heteroatoms. The van der Waals surface area contributed by atoms with E-state index < -0.39 is 5.91 Å². The monoisotopic (exact) mass is 346 g/mol. The van der Waals surface area contributed by atoms with Gasteiger partial charge in [-0.3, -0.25) is 10.0 Å². The molecular formula is C18H26N4O3. The molecule has 1 heterocycles. The summed E-state index contributed by atoms with van der Waals surface area (Å²) in [6.45, 7) is 9.57. The molecule has 0 radical (unpaired) electrons. The van der Waals surface area contributed by atoms with Crippen molar-refractivity contribution >= 4 is 29.7 Å². The highest BCUT2D eigenvalue weighted by atomic mass is 16.5. The SMILES string of the molecule is C=C/C=c1/[nH]c(Nc2ccc(C(=O)NO)cc2)n/c1=C/C.CC.CO. The fraction of sp³-hybridized carbons (Fsp3) is 0.222. The summed E-state index contributed by atoms with van der Waals surface area (Å²) in [4.78, 5) is 18.8. The third-order valence-corrected chi connectivity index (χ3v) is 2.83. The number of carbonyl (C=O) groups excluding carboxylic acids is 1. The highest BCUT2D eigenvalue weighted by Crippen LogP contribution is 2.12. The number of imidazole rings is 1. The predicted octanol–water partition coefficient (Wildman–Crippen LogP) is 1.67. The van der Waals surface area contributed by atoms with Crippen molar-refractivity contribution in [1.29, 1.82) is 0 Å². The third kappa shape index (κ3) is 6.62. The number of aromatic nitrogens is 2. The zero-order valence-corrected chi connectivity index (χ0v) is 15.0. The topological polar surface area (TPSA) is 110 Å². The van der Waals surface area contributed by atoms with E-state index >= 15 is 0 Å². The zero-order valence-electron chi connectivity index (χ0n) is 15.0. The van der Waals surface area contributed by atoms with Crippen LogP contribution >= 0.6 is 0 Å². The molecule has 1 aromatic carbocycles. The molecule has 0 saturated carbocycles. The Bertz CT molecular complexity index is 765. The summed E-state index contributed by atoms with van der Waals surface area (Å²) < 4.78 is 0. The number of carbonyl (C=O) groups is 1. The van der Waals surface area contributed by atoms with Gasteiger partial charge in [-0.25, -0.2) is 10.5 Å². The number of amides is 1. The first kappa shape index (κ1) is 22.1. The molecule has 1 aromatic heterocycles. The number of hydrogen-bond donors (Lipinski definition) is 5. The second-order valence-electron chi connectivity index (χ2n) is 4.22. The summed E-state index contributed by atoms with van der Waals surface area (Å²) in [5, 5.41) is 20.4. The maximum Gasteiger partial charge on any atom is 0.274 e. The molecule has 0 bridgehead atoms. The molecule has 1 amide bonds. The van der Waals surface area contributed by atoms with Crippen LogP contribution in [0.15, 0.2) is 36.9 Å². The van der Waals surface area contributed by atoms with Gasteiger partial charge in [0.2, 0.25) is 5.95 Å². The van der Waals surface area contributed by atoms with Crippen molar-refractivity contribution < 1.29 is 15.1 Å². The van der Waals surface area contributed by atoms with E-state index in [9.17, 15) is 4.79 Å². The predicted molar refractivity (Wildman–Crippen MR) is 101 cm³/mol. The van der Waals surface area contributed by atoms with Gasteiger partial charge in [-0.1, -0.05) is 32.6 Å². The number of H-pyrrole nitrogens is 1. The lowest BCUT2D eigenvalue weighted by atomic mass is 10.2. The number of benzene rings is 1. The first-order valence-electron chi connectivity index (χ1n) is 7.79. The minimum Gasteiger partial charge on any atom is -0.400 e. The largest absolute Gasteiger partial charge is 0.400 e. The van der Waals surface area contributed by atoms with Crippen LogP contribution in [0.5, 0.6) is 0 Å². The minimum atomic E-state index is -0.551. The van der Waals surface area contributed by atoms with Crippen molar-refractivity contribution in [1.82, 2.24) is 15.4 Å². The van der Waals surface area contributed by atoms with Gasteiger partial charge in [0.05, 0.1) is 10.7 Å². The Morgan fingerprint density at radius 2 is 1.84 bits per heavy atom. The fourth-order valence-corrected chi connectivity index (χ4v) is 1.83. The molecule has 7 nitrogen and oxygen atoms in total. The molecule has 136 valence electrons. The van der Waals surface area contributed by atoms with Crippen molar-refractivity contribution in [3.05, 3.63) is 53.2 Å². The maximum absolute atomic E-state index is 11.2. The zero-order chi connectivity index (χ0) is 19.2. The van der Waals surface area contributed by atoms with E-state index in [1.54, 1.807) is 35.8 Å². The van der Waals surface area contributed by atoms with Gasteiger partial charge in [0.15, 0.2) is 0 Å². The van der Waals surface area contributed by atoms with Crippen molar-refractivity contribution in [2.75, 3.05) is 12.4 Å². The average Bonchev–Trinajstić information content (AvgIpc) is 3.06. The molecular weight excluding hydrogens is 320 g/mol. The van der Waals surface area contributed by atoms with E-state index in [0.717, 1.165) is 23.5 Å². The summed E-state index contributed by atoms with van der Waals surface area (Å²) in [5.74, 6) is 0.0425. The normalized spacial score (nSPS) is 10.8. The number of aliphatic hydroxyl groups is 1. The Labute approximate surface area is 147 Å². The quantitative estimate of drug-likeness (QED) is 0.427. The standard InChI is InChI=1S/C15H16N4O2.C2H6.CH4O/c1-3-5-13-12(4-2)17-15(18-13)16-11-8-6-10(7-9-11)14(20)19-21;2*1-2/h3-9,21H,1H2,2H3,(H,19,20)(H2,16,17,18);1-2H3;2H,1H3/b12-4+,13-5+;;. The molecule has 25 heavy (non-hydrogen) atoms. The van der Waals surface area contributed by atoms with Gasteiger partial charge in [0.25, 0.3) is 5.91 Å². The summed E-state index contributed by atoms with van der Waals surface area (Å²) >= 11 is 0. The lowest BCUT2D eigenvalue weighted by Crippen LogP contribution is -2.23. The summed E-state index contributed by atoms with van der Waals surface area (Å²) in [6.07, 6.45) is 5.42. The third-order valence-electron chi connectivity index (χ3n) is 2.83. The molecule has 0 spiro atoms. The molecule has 0 atom stereocenters. The number of nitrogens with zero attached hydrogens (tertiary/aromatic N) is 1. The number of nitrogens with one attached hydrogen (secondary N) is 3. The highest BCUT2D eigenvalue weighted by Gasteiger charge is 2.04. The average molecular weight is 346 g/mol. The lowest BCUT2D eigenvalue weighted by molar-refractivity contribution is 0.0706.